The number of rotatable bonds is 4. The average Bonchev–Trinajstić information content (AvgIpc) is 3.15. The maximum atomic E-state index is 12.0. The molecule has 0 saturated carbocycles. The van der Waals surface area contributed by atoms with Gasteiger partial charge in [0.15, 0.2) is 12.3 Å². The van der Waals surface area contributed by atoms with Crippen molar-refractivity contribution in [2.24, 2.45) is 0 Å². The van der Waals surface area contributed by atoms with Crippen LogP contribution in [0.5, 0.6) is 0 Å². The van der Waals surface area contributed by atoms with Gasteiger partial charge in [-0.25, -0.2) is 4.79 Å². The second-order valence-electron chi connectivity index (χ2n) is 4.60. The van der Waals surface area contributed by atoms with Crippen LogP contribution in [0, 0.1) is 0 Å². The van der Waals surface area contributed by atoms with Crippen molar-refractivity contribution in [2.45, 2.75) is 20.1 Å². The van der Waals surface area contributed by atoms with E-state index in [1.54, 1.807) is 18.4 Å². The highest BCUT2D eigenvalue weighted by molar-refractivity contribution is 5.89. The molecular weight excluding hydrogens is 298 g/mol. The minimum atomic E-state index is -0.321. The van der Waals surface area contributed by atoms with Crippen LogP contribution in [-0.2, 0) is 27.5 Å². The Bertz CT molecular complexity index is 810. The third kappa shape index (κ3) is 3.75. The number of ether oxygens (including phenoxy) is 1. The third-order valence-electron chi connectivity index (χ3n) is 3.31. The van der Waals surface area contributed by atoms with Crippen LogP contribution in [0.25, 0.3) is 11.1 Å². The van der Waals surface area contributed by atoms with Gasteiger partial charge in [-0.3, -0.25) is 0 Å². The predicted octanol–water partition coefficient (Wildman–Crippen LogP) is 3.03. The summed E-state index contributed by atoms with van der Waals surface area (Å²) in [6.45, 7) is 2.25. The van der Waals surface area contributed by atoms with Gasteiger partial charge < -0.3 is 13.7 Å². The highest BCUT2D eigenvalue weighted by Crippen LogP contribution is 2.21. The third-order valence-corrected chi connectivity index (χ3v) is 3.31. The van der Waals surface area contributed by atoms with Crippen LogP contribution < -0.4 is 0 Å². The molecule has 0 atom stereocenters. The number of hydrogen-bond donors (Lipinski definition) is 0. The lowest BCUT2D eigenvalue weighted by molar-refractivity contribution is -0.191. The zero-order valence-electron chi connectivity index (χ0n) is 12.5. The van der Waals surface area contributed by atoms with Crippen LogP contribution in [0.3, 0.4) is 0 Å². The van der Waals surface area contributed by atoms with Crippen LogP contribution in [0.2, 0.25) is 0 Å². The van der Waals surface area contributed by atoms with E-state index in [1.807, 2.05) is 34.9 Å². The molecule has 0 unspecified atom stereocenters. The number of furan rings is 1. The molecule has 0 bridgehead atoms. The fourth-order valence-electron chi connectivity index (χ4n) is 2.26. The van der Waals surface area contributed by atoms with E-state index in [4.69, 9.17) is 18.7 Å². The number of carbonyl (C=O) groups is 1. The summed E-state index contributed by atoms with van der Waals surface area (Å²) in [4.78, 5) is 28.2. The van der Waals surface area contributed by atoms with Crippen molar-refractivity contribution >= 4 is 23.2 Å². The summed E-state index contributed by atoms with van der Waals surface area (Å²) < 4.78 is 12.7. The first-order chi connectivity index (χ1) is 11.2. The quantitative estimate of drug-likeness (QED) is 0.692. The first-order valence-corrected chi connectivity index (χ1v) is 6.98. The molecule has 23 heavy (non-hydrogen) atoms. The normalized spacial score (nSPS) is 9.78. The molecule has 0 radical (unpaired) electrons. The molecular formula is C17H15NO5. The van der Waals surface area contributed by atoms with E-state index in [-0.39, 0.29) is 18.9 Å². The van der Waals surface area contributed by atoms with E-state index in [0.717, 1.165) is 23.2 Å². The van der Waals surface area contributed by atoms with Gasteiger partial charge in [-0.15, -0.1) is 0 Å². The summed E-state index contributed by atoms with van der Waals surface area (Å²) in [6.07, 6.45) is 2.74. The van der Waals surface area contributed by atoms with Crippen LogP contribution in [0.1, 0.15) is 23.0 Å². The zero-order valence-corrected chi connectivity index (χ0v) is 12.5. The van der Waals surface area contributed by atoms with Gasteiger partial charge in [0.25, 0.3) is 0 Å². The topological polar surface area (TPSA) is 78.5 Å². The second-order valence-corrected chi connectivity index (χ2v) is 4.60. The van der Waals surface area contributed by atoms with Crippen molar-refractivity contribution in [3.05, 3.63) is 60.0 Å². The minimum absolute atomic E-state index is 0.194. The lowest BCUT2D eigenvalue weighted by Gasteiger charge is -2.09. The summed E-state index contributed by atoms with van der Waals surface area (Å²) in [7, 11) is 0. The smallest absolute Gasteiger partial charge is 0.373 e. The molecule has 2 heterocycles. The van der Waals surface area contributed by atoms with E-state index in [9.17, 15) is 4.79 Å². The summed E-state index contributed by atoms with van der Waals surface area (Å²) in [5, 5.41) is 0. The Hall–Kier alpha value is -3.11. The monoisotopic (exact) mass is 313 g/mol. The molecule has 0 N–H and O–H groups in total. The first kappa shape index (κ1) is 16.3. The number of esters is 1. The Morgan fingerprint density at radius 3 is 2.57 bits per heavy atom. The zero-order chi connectivity index (χ0) is 16.7. The Morgan fingerprint density at radius 1 is 1.22 bits per heavy atom. The number of nitrogens with zero attached hydrogens (tertiary/aromatic N) is 1. The van der Waals surface area contributed by atoms with Gasteiger partial charge in [-0.2, -0.15) is 9.59 Å². The molecule has 0 amide bonds. The molecule has 0 fully saturated rings. The summed E-state index contributed by atoms with van der Waals surface area (Å²) in [6, 6.07) is 12.8. The highest BCUT2D eigenvalue weighted by atomic mass is 16.5. The van der Waals surface area contributed by atoms with E-state index >= 15 is 0 Å². The molecule has 2 aromatic heterocycles. The molecule has 118 valence electrons. The number of benzene rings is 1. The van der Waals surface area contributed by atoms with Crippen molar-refractivity contribution in [1.82, 2.24) is 4.57 Å². The van der Waals surface area contributed by atoms with Gasteiger partial charge in [0.2, 0.25) is 0 Å². The average molecular weight is 313 g/mol. The Kier molecular flexibility index (Phi) is 5.50. The predicted molar refractivity (Wildman–Crippen MR) is 80.4 cm³/mol. The van der Waals surface area contributed by atoms with Crippen molar-refractivity contribution in [3.8, 4) is 0 Å². The lowest BCUT2D eigenvalue weighted by Crippen LogP contribution is -2.11. The Labute approximate surface area is 132 Å². The van der Waals surface area contributed by atoms with Gasteiger partial charge in [0, 0.05) is 17.8 Å². The SMILES string of the molecule is CCc1cc2occc2n1COC(=O)c1ccccc1.O=C=O. The molecule has 1 aromatic carbocycles. The van der Waals surface area contributed by atoms with Crippen molar-refractivity contribution in [2.75, 3.05) is 0 Å². The maximum Gasteiger partial charge on any atom is 0.373 e. The fourth-order valence-corrected chi connectivity index (χ4v) is 2.26. The van der Waals surface area contributed by atoms with Crippen molar-refractivity contribution < 1.29 is 23.5 Å². The molecule has 0 saturated heterocycles. The number of aromatic nitrogens is 1. The van der Waals surface area contributed by atoms with Crippen LogP contribution in [0.15, 0.2) is 53.1 Å². The van der Waals surface area contributed by atoms with Crippen molar-refractivity contribution in [3.63, 3.8) is 0 Å². The van der Waals surface area contributed by atoms with Gasteiger partial charge in [-0.1, -0.05) is 25.1 Å². The van der Waals surface area contributed by atoms with E-state index in [1.165, 1.54) is 0 Å². The standard InChI is InChI=1S/C16H15NO3.CO2/c1-2-13-10-15-14(8-9-19-15)17(13)11-20-16(18)12-6-4-3-5-7-12;2-1-3/h3-10H,2,11H2,1H3;. The lowest BCUT2D eigenvalue weighted by atomic mass is 10.2. The first-order valence-electron chi connectivity index (χ1n) is 6.98. The van der Waals surface area contributed by atoms with Crippen molar-refractivity contribution in [1.29, 1.82) is 0 Å². The van der Waals surface area contributed by atoms with Crippen LogP contribution in [-0.4, -0.2) is 16.7 Å². The largest absolute Gasteiger partial charge is 0.463 e. The highest BCUT2D eigenvalue weighted by Gasteiger charge is 2.12. The number of hydrogen-bond acceptors (Lipinski definition) is 5. The molecule has 0 spiro atoms. The summed E-state index contributed by atoms with van der Waals surface area (Å²) >= 11 is 0. The molecule has 3 aromatic rings. The van der Waals surface area contributed by atoms with Gasteiger partial charge in [0.1, 0.15) is 0 Å². The van der Waals surface area contributed by atoms with Crippen LogP contribution >= 0.6 is 0 Å². The Balaban J connectivity index is 0.000000595. The van der Waals surface area contributed by atoms with Crippen LogP contribution in [0.4, 0.5) is 0 Å². The van der Waals surface area contributed by atoms with Gasteiger partial charge >= 0.3 is 12.1 Å². The van der Waals surface area contributed by atoms with Gasteiger partial charge in [0.05, 0.1) is 17.3 Å². The summed E-state index contributed by atoms with van der Waals surface area (Å²) in [5.74, 6) is -0.321. The minimum Gasteiger partial charge on any atom is -0.463 e. The second kappa shape index (κ2) is 7.77. The van der Waals surface area contributed by atoms with Gasteiger partial charge in [-0.05, 0) is 18.6 Å². The number of carbonyl (C=O) groups excluding carboxylic acids is 3. The molecule has 0 aliphatic rings. The number of fused-ring (bicyclic) bond motifs is 1. The maximum absolute atomic E-state index is 12.0. The van der Waals surface area contributed by atoms with E-state index < -0.39 is 0 Å². The fraction of sp³-hybridized carbons (Fsp3) is 0.176. The van der Waals surface area contributed by atoms with E-state index in [2.05, 4.69) is 6.92 Å². The molecule has 6 nitrogen and oxygen atoms in total. The number of aryl methyl sites for hydroxylation is 1. The van der Waals surface area contributed by atoms with E-state index in [0.29, 0.717) is 5.56 Å². The molecule has 0 aliphatic heterocycles. The molecule has 0 aliphatic carbocycles. The Morgan fingerprint density at radius 2 is 1.91 bits per heavy atom. The molecule has 6 heteroatoms. The molecule has 3 rings (SSSR count). The summed E-state index contributed by atoms with van der Waals surface area (Å²) in [5.41, 5.74) is 3.40.